The Balaban J connectivity index is 1.99. The van der Waals surface area contributed by atoms with E-state index in [1.54, 1.807) is 0 Å². The fourth-order valence-corrected chi connectivity index (χ4v) is 3.58. The van der Waals surface area contributed by atoms with Gasteiger partial charge in [0.15, 0.2) is 0 Å². The Morgan fingerprint density at radius 3 is 2.65 bits per heavy atom. The van der Waals surface area contributed by atoms with Gasteiger partial charge in [0.2, 0.25) is 5.91 Å². The molecule has 114 valence electrons. The fourth-order valence-electron chi connectivity index (χ4n) is 3.58. The molecule has 3 amide bonds. The number of amides is 3. The lowest BCUT2D eigenvalue weighted by Crippen LogP contribution is -2.52. The Kier molecular flexibility index (Phi) is 5.23. The van der Waals surface area contributed by atoms with Crippen molar-refractivity contribution in [2.24, 2.45) is 23.3 Å². The maximum absolute atomic E-state index is 12.8. The van der Waals surface area contributed by atoms with E-state index in [4.69, 9.17) is 11.5 Å². The van der Waals surface area contributed by atoms with Crippen LogP contribution in [0, 0.1) is 11.8 Å². The Labute approximate surface area is 120 Å². The minimum absolute atomic E-state index is 0.0779. The number of rotatable bonds is 4. The standard InChI is InChI=1S/C14H26N4O2/c15-8-10-4-3-6-12(10)13(19)18-7-2-1-5-11(18)9-17-14(16)20/h10-12H,1-9,15H2,(H3,16,17,20)/t10-,11?,12-/m1/s1. The van der Waals surface area contributed by atoms with Crippen LogP contribution in [0.5, 0.6) is 0 Å². The molecular formula is C14H26N4O2. The van der Waals surface area contributed by atoms with Crippen molar-refractivity contribution in [2.45, 2.75) is 44.6 Å². The molecule has 1 saturated carbocycles. The summed E-state index contributed by atoms with van der Waals surface area (Å²) in [7, 11) is 0. The van der Waals surface area contributed by atoms with Crippen molar-refractivity contribution in [3.05, 3.63) is 0 Å². The topological polar surface area (TPSA) is 101 Å². The van der Waals surface area contributed by atoms with Crippen molar-refractivity contribution >= 4 is 11.9 Å². The maximum Gasteiger partial charge on any atom is 0.312 e. The lowest BCUT2D eigenvalue weighted by atomic mass is 9.92. The van der Waals surface area contributed by atoms with Gasteiger partial charge in [-0.2, -0.15) is 0 Å². The van der Waals surface area contributed by atoms with Crippen LogP contribution in [0.1, 0.15) is 38.5 Å². The van der Waals surface area contributed by atoms with E-state index in [0.29, 0.717) is 19.0 Å². The third kappa shape index (κ3) is 3.42. The Bertz CT molecular complexity index is 361. The predicted molar refractivity (Wildman–Crippen MR) is 76.8 cm³/mol. The number of nitrogens with two attached hydrogens (primary N) is 2. The van der Waals surface area contributed by atoms with Crippen molar-refractivity contribution in [3.8, 4) is 0 Å². The van der Waals surface area contributed by atoms with E-state index in [1.165, 1.54) is 0 Å². The summed E-state index contributed by atoms with van der Waals surface area (Å²) in [4.78, 5) is 25.6. The summed E-state index contributed by atoms with van der Waals surface area (Å²) in [5, 5.41) is 2.64. The first kappa shape index (κ1) is 15.1. The van der Waals surface area contributed by atoms with Gasteiger partial charge >= 0.3 is 6.03 Å². The van der Waals surface area contributed by atoms with Gasteiger partial charge in [-0.25, -0.2) is 4.79 Å². The van der Waals surface area contributed by atoms with E-state index >= 15 is 0 Å². The number of primary amides is 1. The summed E-state index contributed by atoms with van der Waals surface area (Å²) < 4.78 is 0. The zero-order valence-electron chi connectivity index (χ0n) is 12.0. The Morgan fingerprint density at radius 2 is 1.95 bits per heavy atom. The number of urea groups is 1. The minimum Gasteiger partial charge on any atom is -0.352 e. The number of carbonyl (C=O) groups is 2. The molecule has 1 aliphatic carbocycles. The lowest BCUT2D eigenvalue weighted by Gasteiger charge is -2.38. The first-order valence-electron chi connectivity index (χ1n) is 7.67. The number of carbonyl (C=O) groups excluding carboxylic acids is 2. The van der Waals surface area contributed by atoms with Crippen LogP contribution in [0.3, 0.4) is 0 Å². The highest BCUT2D eigenvalue weighted by atomic mass is 16.2. The smallest absolute Gasteiger partial charge is 0.312 e. The van der Waals surface area contributed by atoms with Crippen LogP contribution in [0.25, 0.3) is 0 Å². The summed E-state index contributed by atoms with van der Waals surface area (Å²) in [5.74, 6) is 0.636. The normalized spacial score (nSPS) is 30.2. The Morgan fingerprint density at radius 1 is 1.15 bits per heavy atom. The summed E-state index contributed by atoms with van der Waals surface area (Å²) >= 11 is 0. The number of nitrogens with zero attached hydrogens (tertiary/aromatic N) is 1. The second-order valence-corrected chi connectivity index (χ2v) is 5.96. The zero-order valence-corrected chi connectivity index (χ0v) is 12.0. The van der Waals surface area contributed by atoms with Crippen LogP contribution >= 0.6 is 0 Å². The first-order valence-corrected chi connectivity index (χ1v) is 7.67. The van der Waals surface area contributed by atoms with Crippen molar-refractivity contribution in [3.63, 3.8) is 0 Å². The third-order valence-corrected chi connectivity index (χ3v) is 4.70. The molecule has 0 radical (unpaired) electrons. The van der Waals surface area contributed by atoms with Gasteiger partial charge in [0.1, 0.15) is 0 Å². The van der Waals surface area contributed by atoms with Crippen molar-refractivity contribution < 1.29 is 9.59 Å². The van der Waals surface area contributed by atoms with Gasteiger partial charge in [-0.1, -0.05) is 6.42 Å². The number of hydrogen-bond donors (Lipinski definition) is 3. The number of likely N-dealkylation sites (tertiary alicyclic amines) is 1. The average Bonchev–Trinajstić information content (AvgIpc) is 2.93. The SMILES string of the molecule is NC[C@H]1CCC[C@H]1C(=O)N1CCCCC1CNC(N)=O. The van der Waals surface area contributed by atoms with Crippen molar-refractivity contribution in [1.82, 2.24) is 10.2 Å². The molecule has 2 rings (SSSR count). The van der Waals surface area contributed by atoms with Crippen LogP contribution in [0.15, 0.2) is 0 Å². The summed E-state index contributed by atoms with van der Waals surface area (Å²) in [6, 6.07) is -0.438. The third-order valence-electron chi connectivity index (χ3n) is 4.70. The summed E-state index contributed by atoms with van der Waals surface area (Å²) in [6.07, 6.45) is 6.18. The highest BCUT2D eigenvalue weighted by Gasteiger charge is 2.37. The number of piperidine rings is 1. The van der Waals surface area contributed by atoms with E-state index in [1.807, 2.05) is 4.90 Å². The molecule has 1 heterocycles. The molecule has 5 N–H and O–H groups in total. The molecule has 2 fully saturated rings. The highest BCUT2D eigenvalue weighted by Crippen LogP contribution is 2.33. The molecule has 0 aromatic carbocycles. The molecular weight excluding hydrogens is 256 g/mol. The minimum atomic E-state index is -0.524. The zero-order chi connectivity index (χ0) is 14.5. The van der Waals surface area contributed by atoms with Gasteiger partial charge < -0.3 is 21.7 Å². The van der Waals surface area contributed by atoms with Crippen LogP contribution in [-0.4, -0.2) is 42.5 Å². The fraction of sp³-hybridized carbons (Fsp3) is 0.857. The van der Waals surface area contributed by atoms with E-state index in [-0.39, 0.29) is 17.9 Å². The maximum atomic E-state index is 12.8. The molecule has 3 atom stereocenters. The molecule has 0 aromatic heterocycles. The van der Waals surface area contributed by atoms with Crippen LogP contribution < -0.4 is 16.8 Å². The van der Waals surface area contributed by atoms with Gasteiger partial charge in [0.25, 0.3) is 0 Å². The quantitative estimate of drug-likeness (QED) is 0.696. The molecule has 0 aromatic rings. The average molecular weight is 282 g/mol. The molecule has 1 unspecified atom stereocenters. The van der Waals surface area contributed by atoms with E-state index in [9.17, 15) is 9.59 Å². The highest BCUT2D eigenvalue weighted by molar-refractivity contribution is 5.80. The van der Waals surface area contributed by atoms with Gasteiger partial charge in [0, 0.05) is 25.0 Å². The van der Waals surface area contributed by atoms with Crippen molar-refractivity contribution in [1.29, 1.82) is 0 Å². The summed E-state index contributed by atoms with van der Waals surface area (Å²) in [6.45, 7) is 1.84. The summed E-state index contributed by atoms with van der Waals surface area (Å²) in [5.41, 5.74) is 10.9. The first-order chi connectivity index (χ1) is 9.63. The van der Waals surface area contributed by atoms with Gasteiger partial charge in [-0.3, -0.25) is 4.79 Å². The molecule has 1 saturated heterocycles. The number of hydrogen-bond acceptors (Lipinski definition) is 3. The van der Waals surface area contributed by atoms with E-state index < -0.39 is 6.03 Å². The van der Waals surface area contributed by atoms with Gasteiger partial charge in [0.05, 0.1) is 0 Å². The largest absolute Gasteiger partial charge is 0.352 e. The lowest BCUT2D eigenvalue weighted by molar-refractivity contribution is -0.140. The molecule has 20 heavy (non-hydrogen) atoms. The van der Waals surface area contributed by atoms with E-state index in [2.05, 4.69) is 5.32 Å². The predicted octanol–water partition coefficient (Wildman–Crippen LogP) is 0.411. The molecule has 6 heteroatoms. The van der Waals surface area contributed by atoms with E-state index in [0.717, 1.165) is 45.1 Å². The molecule has 2 aliphatic rings. The number of nitrogens with one attached hydrogen (secondary N) is 1. The Hall–Kier alpha value is -1.30. The van der Waals surface area contributed by atoms with Crippen molar-refractivity contribution in [2.75, 3.05) is 19.6 Å². The molecule has 1 aliphatic heterocycles. The second-order valence-electron chi connectivity index (χ2n) is 5.96. The second kappa shape index (κ2) is 6.92. The van der Waals surface area contributed by atoms with Gasteiger partial charge in [-0.05, 0) is 44.6 Å². The monoisotopic (exact) mass is 282 g/mol. The molecule has 0 bridgehead atoms. The molecule has 0 spiro atoms. The molecule has 6 nitrogen and oxygen atoms in total. The van der Waals surface area contributed by atoms with Gasteiger partial charge in [-0.15, -0.1) is 0 Å². The van der Waals surface area contributed by atoms with Crippen LogP contribution in [-0.2, 0) is 4.79 Å². The van der Waals surface area contributed by atoms with Crippen LogP contribution in [0.4, 0.5) is 4.79 Å². The van der Waals surface area contributed by atoms with Crippen LogP contribution in [0.2, 0.25) is 0 Å².